The van der Waals surface area contributed by atoms with Crippen molar-refractivity contribution in [1.29, 1.82) is 0 Å². The van der Waals surface area contributed by atoms with Crippen molar-refractivity contribution in [3.63, 3.8) is 0 Å². The summed E-state index contributed by atoms with van der Waals surface area (Å²) in [5.74, 6) is 0. The number of hydrogen-bond donors (Lipinski definition) is 2. The van der Waals surface area contributed by atoms with Crippen LogP contribution in [-0.2, 0) is 6.18 Å². The Bertz CT molecular complexity index is 486. The van der Waals surface area contributed by atoms with Crippen molar-refractivity contribution in [2.75, 3.05) is 18.1 Å². The lowest BCUT2D eigenvalue weighted by molar-refractivity contribution is -0.138. The lowest BCUT2D eigenvalue weighted by Gasteiger charge is -2.26. The predicted octanol–water partition coefficient (Wildman–Crippen LogP) is 0.750. The molecule has 1 atom stereocenters. The molecule has 5 nitrogen and oxygen atoms in total. The highest BCUT2D eigenvalue weighted by atomic mass is 19.4. The van der Waals surface area contributed by atoms with Gasteiger partial charge >= 0.3 is 6.18 Å². The van der Waals surface area contributed by atoms with E-state index >= 15 is 0 Å². The Kier molecular flexibility index (Phi) is 3.29. The summed E-state index contributed by atoms with van der Waals surface area (Å²) in [5.41, 5.74) is -2.77. The summed E-state index contributed by atoms with van der Waals surface area (Å²) < 4.78 is 38.6. The van der Waals surface area contributed by atoms with Gasteiger partial charge in [0.15, 0.2) is 0 Å². The Balaban J connectivity index is 2.51. The van der Waals surface area contributed by atoms with E-state index in [9.17, 15) is 18.0 Å². The molecule has 2 heterocycles. The van der Waals surface area contributed by atoms with Crippen LogP contribution in [0, 0.1) is 0 Å². The molecule has 100 valence electrons. The molecule has 0 aliphatic carbocycles. The molecule has 1 aromatic heterocycles. The zero-order chi connectivity index (χ0) is 13.3. The summed E-state index contributed by atoms with van der Waals surface area (Å²) in [6, 6.07) is -0.394. The number of H-pyrrole nitrogens is 1. The van der Waals surface area contributed by atoms with E-state index in [1.54, 1.807) is 5.10 Å². The fourth-order valence-electron chi connectivity index (χ4n) is 2.22. The Morgan fingerprint density at radius 2 is 2.28 bits per heavy atom. The van der Waals surface area contributed by atoms with Crippen LogP contribution in [0.25, 0.3) is 0 Å². The van der Waals surface area contributed by atoms with E-state index in [-0.39, 0.29) is 12.3 Å². The van der Waals surface area contributed by atoms with Crippen molar-refractivity contribution < 1.29 is 18.3 Å². The minimum atomic E-state index is -4.74. The average Bonchev–Trinajstić information content (AvgIpc) is 2.74. The number of halogens is 3. The number of aliphatic hydroxyl groups excluding tert-OH is 1. The highest BCUT2D eigenvalue weighted by Gasteiger charge is 2.40. The number of aromatic amines is 1. The maximum atomic E-state index is 12.9. The highest BCUT2D eigenvalue weighted by molar-refractivity contribution is 5.53. The van der Waals surface area contributed by atoms with Crippen molar-refractivity contribution in [2.24, 2.45) is 0 Å². The summed E-state index contributed by atoms with van der Waals surface area (Å²) in [6.07, 6.45) is -2.48. The molecule has 0 amide bonds. The summed E-state index contributed by atoms with van der Waals surface area (Å²) in [6.45, 7) is 0.129. The summed E-state index contributed by atoms with van der Waals surface area (Å²) in [5, 5.41) is 14.3. The van der Waals surface area contributed by atoms with Crippen molar-refractivity contribution in [3.05, 3.63) is 22.1 Å². The molecule has 8 heteroatoms. The number of hydrogen-bond acceptors (Lipinski definition) is 4. The summed E-state index contributed by atoms with van der Waals surface area (Å²) in [4.78, 5) is 12.7. The third-order valence-corrected chi connectivity index (χ3v) is 3.02. The molecule has 0 spiro atoms. The molecule has 0 saturated carbocycles. The first-order valence-corrected chi connectivity index (χ1v) is 5.47. The first-order chi connectivity index (χ1) is 8.45. The number of rotatable bonds is 2. The van der Waals surface area contributed by atoms with E-state index in [1.165, 1.54) is 4.90 Å². The van der Waals surface area contributed by atoms with Crippen LogP contribution in [-0.4, -0.2) is 34.5 Å². The van der Waals surface area contributed by atoms with Gasteiger partial charge in [0.25, 0.3) is 5.56 Å². The second-order valence-corrected chi connectivity index (χ2v) is 4.13. The van der Waals surface area contributed by atoms with Crippen molar-refractivity contribution in [1.82, 2.24) is 10.2 Å². The van der Waals surface area contributed by atoms with Gasteiger partial charge in [-0.25, -0.2) is 5.10 Å². The van der Waals surface area contributed by atoms with Gasteiger partial charge in [0.2, 0.25) is 0 Å². The number of anilines is 1. The molecule has 18 heavy (non-hydrogen) atoms. The topological polar surface area (TPSA) is 69.2 Å². The third-order valence-electron chi connectivity index (χ3n) is 3.02. The zero-order valence-electron chi connectivity index (χ0n) is 9.37. The van der Waals surface area contributed by atoms with E-state index in [4.69, 9.17) is 5.11 Å². The molecule has 0 radical (unpaired) electrons. The van der Waals surface area contributed by atoms with Crippen LogP contribution >= 0.6 is 0 Å². The first-order valence-electron chi connectivity index (χ1n) is 5.47. The van der Waals surface area contributed by atoms with Crippen LogP contribution in [0.3, 0.4) is 0 Å². The maximum absolute atomic E-state index is 12.9. The monoisotopic (exact) mass is 263 g/mol. The first kappa shape index (κ1) is 12.9. The van der Waals surface area contributed by atoms with Gasteiger partial charge in [-0.15, -0.1) is 0 Å². The normalized spacial score (nSPS) is 20.4. The average molecular weight is 263 g/mol. The van der Waals surface area contributed by atoms with Crippen LogP contribution in [0.1, 0.15) is 18.4 Å². The molecule has 1 aliphatic rings. The van der Waals surface area contributed by atoms with Crippen LogP contribution < -0.4 is 10.5 Å². The molecule has 1 aromatic rings. The van der Waals surface area contributed by atoms with Gasteiger partial charge in [-0.05, 0) is 12.8 Å². The van der Waals surface area contributed by atoms with E-state index in [0.29, 0.717) is 19.4 Å². The van der Waals surface area contributed by atoms with Gasteiger partial charge in [0, 0.05) is 6.54 Å². The van der Waals surface area contributed by atoms with E-state index in [1.807, 2.05) is 0 Å². The Morgan fingerprint density at radius 3 is 2.89 bits per heavy atom. The highest BCUT2D eigenvalue weighted by Crippen LogP contribution is 2.35. The number of aromatic nitrogens is 2. The number of nitrogens with zero attached hydrogens (tertiary/aromatic N) is 2. The van der Waals surface area contributed by atoms with Crippen molar-refractivity contribution >= 4 is 5.69 Å². The fourth-order valence-corrected chi connectivity index (χ4v) is 2.22. The SMILES string of the molecule is O=c1[nH]ncc(N2CCC[C@H]2CO)c1C(F)(F)F. The lowest BCUT2D eigenvalue weighted by atomic mass is 10.2. The molecule has 2 rings (SSSR count). The smallest absolute Gasteiger partial charge is 0.394 e. The predicted molar refractivity (Wildman–Crippen MR) is 57.3 cm³/mol. The van der Waals surface area contributed by atoms with Crippen LogP contribution in [0.15, 0.2) is 11.0 Å². The lowest BCUT2D eigenvalue weighted by Crippen LogP contribution is -2.36. The van der Waals surface area contributed by atoms with Gasteiger partial charge < -0.3 is 10.0 Å². The van der Waals surface area contributed by atoms with E-state index in [2.05, 4.69) is 5.10 Å². The van der Waals surface area contributed by atoms with Crippen molar-refractivity contribution in [3.8, 4) is 0 Å². The Hall–Kier alpha value is -1.57. The minimum absolute atomic E-state index is 0.246. The summed E-state index contributed by atoms with van der Waals surface area (Å²) >= 11 is 0. The second kappa shape index (κ2) is 4.60. The molecule has 1 fully saturated rings. The fraction of sp³-hybridized carbons (Fsp3) is 0.600. The molecule has 2 N–H and O–H groups in total. The van der Waals surface area contributed by atoms with E-state index in [0.717, 1.165) is 6.20 Å². The molecule has 0 bridgehead atoms. The molecule has 0 aromatic carbocycles. The van der Waals surface area contributed by atoms with Gasteiger partial charge in [0.1, 0.15) is 5.56 Å². The zero-order valence-corrected chi connectivity index (χ0v) is 9.37. The second-order valence-electron chi connectivity index (χ2n) is 4.13. The molecule has 1 aliphatic heterocycles. The standard InChI is InChI=1S/C10H12F3N3O2/c11-10(12,13)8-7(4-14-15-9(8)18)16-3-1-2-6(16)5-17/h4,6,17H,1-3,5H2,(H,15,18)/t6-/m0/s1. The largest absolute Gasteiger partial charge is 0.423 e. The van der Waals surface area contributed by atoms with Crippen LogP contribution in [0.5, 0.6) is 0 Å². The van der Waals surface area contributed by atoms with Gasteiger partial charge in [0.05, 0.1) is 24.5 Å². The Labute approximate surface area is 100 Å². The number of alkyl halides is 3. The minimum Gasteiger partial charge on any atom is -0.394 e. The molecular formula is C10H12F3N3O2. The molecule has 0 unspecified atom stereocenters. The van der Waals surface area contributed by atoms with Gasteiger partial charge in [-0.2, -0.15) is 18.3 Å². The molecular weight excluding hydrogens is 251 g/mol. The quantitative estimate of drug-likeness (QED) is 0.826. The van der Waals surface area contributed by atoms with E-state index < -0.39 is 23.3 Å². The maximum Gasteiger partial charge on any atom is 0.423 e. The number of nitrogens with one attached hydrogen (secondary N) is 1. The van der Waals surface area contributed by atoms with Gasteiger partial charge in [-0.1, -0.05) is 0 Å². The van der Waals surface area contributed by atoms with Crippen molar-refractivity contribution in [2.45, 2.75) is 25.1 Å². The van der Waals surface area contributed by atoms with Crippen LogP contribution in [0.4, 0.5) is 18.9 Å². The molecule has 1 saturated heterocycles. The van der Waals surface area contributed by atoms with Gasteiger partial charge in [-0.3, -0.25) is 4.79 Å². The number of aliphatic hydroxyl groups is 1. The van der Waals surface area contributed by atoms with Crippen LogP contribution in [0.2, 0.25) is 0 Å². The Morgan fingerprint density at radius 1 is 1.56 bits per heavy atom. The summed E-state index contributed by atoms with van der Waals surface area (Å²) in [7, 11) is 0. The third kappa shape index (κ3) is 2.20.